The fourth-order valence-electron chi connectivity index (χ4n) is 2.21. The lowest BCUT2D eigenvalue weighted by atomic mass is 9.84. The summed E-state index contributed by atoms with van der Waals surface area (Å²) in [5.74, 6) is -0.110. The van der Waals surface area contributed by atoms with E-state index < -0.39 is 5.60 Å². The zero-order valence-electron chi connectivity index (χ0n) is 8.27. The molecule has 0 aromatic rings. The second-order valence-corrected chi connectivity index (χ2v) is 4.36. The number of ether oxygens (including phenoxy) is 2. The van der Waals surface area contributed by atoms with Crippen LogP contribution in [-0.4, -0.2) is 30.0 Å². The van der Waals surface area contributed by atoms with E-state index in [1.807, 2.05) is 19.1 Å². The van der Waals surface area contributed by atoms with Gasteiger partial charge >= 0.3 is 0 Å². The van der Waals surface area contributed by atoms with E-state index >= 15 is 0 Å². The van der Waals surface area contributed by atoms with E-state index in [0.29, 0.717) is 6.42 Å². The Bertz CT molecular complexity index is 289. The molecule has 1 fully saturated rings. The van der Waals surface area contributed by atoms with E-state index in [1.165, 1.54) is 0 Å². The lowest BCUT2D eigenvalue weighted by Gasteiger charge is -2.28. The van der Waals surface area contributed by atoms with Gasteiger partial charge in [0.1, 0.15) is 5.60 Å². The van der Waals surface area contributed by atoms with E-state index in [4.69, 9.17) is 9.47 Å². The summed E-state index contributed by atoms with van der Waals surface area (Å²) in [6, 6.07) is 0. The highest BCUT2D eigenvalue weighted by molar-refractivity contribution is 7.96. The topological polar surface area (TPSA) is 35.5 Å². The Morgan fingerprint density at radius 2 is 2.50 bits per heavy atom. The van der Waals surface area contributed by atoms with E-state index in [9.17, 15) is 4.79 Å². The lowest BCUT2D eigenvalue weighted by molar-refractivity contribution is -0.115. The van der Waals surface area contributed by atoms with Crippen molar-refractivity contribution in [2.75, 3.05) is 7.11 Å². The number of hydrogen-bond donors (Lipinski definition) is 1. The van der Waals surface area contributed by atoms with Crippen molar-refractivity contribution in [3.05, 3.63) is 12.2 Å². The summed E-state index contributed by atoms with van der Waals surface area (Å²) in [6.07, 6.45) is 4.52. The van der Waals surface area contributed by atoms with Crippen molar-refractivity contribution >= 4 is 17.7 Å². The van der Waals surface area contributed by atoms with Gasteiger partial charge in [-0.3, -0.25) is 4.79 Å². The molecule has 1 saturated heterocycles. The molecule has 0 amide bonds. The molecular formula is C10H14O3S. The Morgan fingerprint density at radius 1 is 1.79 bits per heavy atom. The maximum absolute atomic E-state index is 11.2. The zero-order valence-corrected chi connectivity index (χ0v) is 9.16. The van der Waals surface area contributed by atoms with Gasteiger partial charge in [0.25, 0.3) is 0 Å². The molecule has 14 heavy (non-hydrogen) atoms. The molecule has 0 N–H and O–H groups in total. The molecule has 4 atom stereocenters. The van der Waals surface area contributed by atoms with E-state index in [-0.39, 0.29) is 23.2 Å². The van der Waals surface area contributed by atoms with Crippen LogP contribution in [0.5, 0.6) is 0 Å². The summed E-state index contributed by atoms with van der Waals surface area (Å²) in [5, 5.41) is -0.0930. The second-order valence-electron chi connectivity index (χ2n) is 3.92. The van der Waals surface area contributed by atoms with Crippen LogP contribution in [-0.2, 0) is 14.3 Å². The van der Waals surface area contributed by atoms with Gasteiger partial charge in [-0.05, 0) is 13.3 Å². The number of thiol groups is 1. The monoisotopic (exact) mass is 214 g/mol. The minimum absolute atomic E-state index is 0.0265. The number of carbonyl (C=O) groups is 1. The molecule has 0 aliphatic carbocycles. The first-order valence-electron chi connectivity index (χ1n) is 4.72. The van der Waals surface area contributed by atoms with Crippen molar-refractivity contribution < 1.29 is 14.3 Å². The quantitative estimate of drug-likeness (QED) is 0.566. The SMILES string of the molecule is COC(C)C12C=CC(O1)C(C(=O)S)C2. The van der Waals surface area contributed by atoms with Gasteiger partial charge in [0.15, 0.2) is 5.12 Å². The highest BCUT2D eigenvalue weighted by atomic mass is 32.1. The molecule has 3 nitrogen and oxygen atoms in total. The van der Waals surface area contributed by atoms with Gasteiger partial charge in [0.05, 0.1) is 18.1 Å². The average molecular weight is 214 g/mol. The lowest BCUT2D eigenvalue weighted by Crippen LogP contribution is -2.38. The van der Waals surface area contributed by atoms with Gasteiger partial charge in [0, 0.05) is 7.11 Å². The van der Waals surface area contributed by atoms with Crippen LogP contribution < -0.4 is 0 Å². The molecule has 78 valence electrons. The number of methoxy groups -OCH3 is 1. The number of hydrogen-bond acceptors (Lipinski definition) is 3. The van der Waals surface area contributed by atoms with Crippen molar-refractivity contribution in [1.29, 1.82) is 0 Å². The smallest absolute Gasteiger partial charge is 0.192 e. The van der Waals surface area contributed by atoms with Gasteiger partial charge in [-0.1, -0.05) is 12.2 Å². The molecule has 0 aromatic heterocycles. The third kappa shape index (κ3) is 1.33. The molecule has 2 aliphatic heterocycles. The number of fused-ring (bicyclic) bond motifs is 2. The molecule has 4 unspecified atom stereocenters. The zero-order chi connectivity index (χ0) is 10.3. The Morgan fingerprint density at radius 3 is 3.00 bits per heavy atom. The maximum atomic E-state index is 11.2. The van der Waals surface area contributed by atoms with Crippen LogP contribution in [0.1, 0.15) is 13.3 Å². The van der Waals surface area contributed by atoms with Gasteiger partial charge in [-0.15, -0.1) is 12.6 Å². The fraction of sp³-hybridized carbons (Fsp3) is 0.700. The predicted molar refractivity (Wildman–Crippen MR) is 55.3 cm³/mol. The van der Waals surface area contributed by atoms with Crippen molar-refractivity contribution in [2.45, 2.75) is 31.2 Å². The molecule has 2 heterocycles. The van der Waals surface area contributed by atoms with Crippen molar-refractivity contribution in [3.8, 4) is 0 Å². The summed E-state index contributed by atoms with van der Waals surface area (Å²) < 4.78 is 11.1. The minimum Gasteiger partial charge on any atom is -0.378 e. The van der Waals surface area contributed by atoms with Crippen LogP contribution in [0.3, 0.4) is 0 Å². The molecule has 0 spiro atoms. The molecule has 0 radical (unpaired) electrons. The van der Waals surface area contributed by atoms with Crippen LogP contribution in [0.4, 0.5) is 0 Å². The first kappa shape index (κ1) is 10.2. The van der Waals surface area contributed by atoms with Crippen LogP contribution >= 0.6 is 12.6 Å². The molecule has 2 rings (SSSR count). The Hall–Kier alpha value is -0.320. The number of carbonyl (C=O) groups excluding carboxylic acids is 1. The highest BCUT2D eigenvalue weighted by Crippen LogP contribution is 2.45. The fourth-order valence-corrected chi connectivity index (χ4v) is 2.44. The maximum Gasteiger partial charge on any atom is 0.192 e. The minimum atomic E-state index is -0.400. The summed E-state index contributed by atoms with van der Waals surface area (Å²) in [5.41, 5.74) is -0.400. The molecule has 4 heteroatoms. The molecule has 0 saturated carbocycles. The van der Waals surface area contributed by atoms with Gasteiger partial charge in [0.2, 0.25) is 0 Å². The Labute approximate surface area is 88.9 Å². The first-order chi connectivity index (χ1) is 6.59. The predicted octanol–water partition coefficient (Wildman–Crippen LogP) is 1.19. The van der Waals surface area contributed by atoms with Crippen molar-refractivity contribution in [1.82, 2.24) is 0 Å². The molecule has 2 bridgehead atoms. The van der Waals surface area contributed by atoms with E-state index in [2.05, 4.69) is 12.6 Å². The van der Waals surface area contributed by atoms with Crippen LogP contribution in [0.2, 0.25) is 0 Å². The highest BCUT2D eigenvalue weighted by Gasteiger charge is 2.53. The van der Waals surface area contributed by atoms with Crippen molar-refractivity contribution in [2.24, 2.45) is 5.92 Å². The summed E-state index contributed by atoms with van der Waals surface area (Å²) in [7, 11) is 1.65. The largest absolute Gasteiger partial charge is 0.378 e. The summed E-state index contributed by atoms with van der Waals surface area (Å²) in [4.78, 5) is 11.2. The molecule has 2 aliphatic rings. The third-order valence-electron chi connectivity index (χ3n) is 3.22. The van der Waals surface area contributed by atoms with E-state index in [1.54, 1.807) is 7.11 Å². The van der Waals surface area contributed by atoms with Gasteiger partial charge in [-0.25, -0.2) is 0 Å². The third-order valence-corrected chi connectivity index (χ3v) is 3.55. The first-order valence-corrected chi connectivity index (χ1v) is 5.16. The van der Waals surface area contributed by atoms with Crippen molar-refractivity contribution in [3.63, 3.8) is 0 Å². The molecule has 0 aromatic carbocycles. The van der Waals surface area contributed by atoms with Gasteiger partial charge in [-0.2, -0.15) is 0 Å². The Kier molecular flexibility index (Phi) is 2.45. The van der Waals surface area contributed by atoms with Gasteiger partial charge < -0.3 is 9.47 Å². The van der Waals surface area contributed by atoms with E-state index in [0.717, 1.165) is 0 Å². The number of rotatable bonds is 3. The standard InChI is InChI=1S/C10H14O3S/c1-6(12-2)10-4-3-8(13-10)7(5-10)9(11)14/h3-4,6-8H,5H2,1-2H3,(H,11,14). The van der Waals surface area contributed by atoms with Crippen LogP contribution in [0.15, 0.2) is 12.2 Å². The summed E-state index contributed by atoms with van der Waals surface area (Å²) >= 11 is 3.87. The van der Waals surface area contributed by atoms with Crippen LogP contribution in [0.25, 0.3) is 0 Å². The summed E-state index contributed by atoms with van der Waals surface area (Å²) in [6.45, 7) is 1.96. The normalized spacial score (nSPS) is 41.6. The average Bonchev–Trinajstić information content (AvgIpc) is 2.74. The second kappa shape index (κ2) is 3.36. The molecular weight excluding hydrogens is 200 g/mol. The Balaban J connectivity index is 2.20. The van der Waals surface area contributed by atoms with Crippen LogP contribution in [0, 0.1) is 5.92 Å².